The van der Waals surface area contributed by atoms with Gasteiger partial charge in [-0.2, -0.15) is 0 Å². The van der Waals surface area contributed by atoms with E-state index in [0.717, 1.165) is 37.2 Å². The molecule has 1 aromatic rings. The first kappa shape index (κ1) is 12.0. The summed E-state index contributed by atoms with van der Waals surface area (Å²) in [5.74, 6) is 0.867. The normalized spacial score (nSPS) is 22.9. The first-order valence-electron chi connectivity index (χ1n) is 6.77. The number of hydrogen-bond donors (Lipinski definition) is 1. The number of rotatable bonds is 3. The molecule has 0 spiro atoms. The molecule has 0 radical (unpaired) electrons. The molecular formula is C13H21N5. The maximum absolute atomic E-state index is 4.47. The molecular weight excluding hydrogens is 226 g/mol. The molecule has 1 N–H and O–H groups in total. The van der Waals surface area contributed by atoms with Crippen LogP contribution in [0, 0.1) is 6.92 Å². The van der Waals surface area contributed by atoms with Crippen molar-refractivity contribution in [3.05, 3.63) is 23.8 Å². The Balaban J connectivity index is 1.50. The van der Waals surface area contributed by atoms with Crippen molar-refractivity contribution in [2.45, 2.75) is 19.5 Å². The third-order valence-corrected chi connectivity index (χ3v) is 3.90. The van der Waals surface area contributed by atoms with Gasteiger partial charge in [-0.1, -0.05) is 0 Å². The summed E-state index contributed by atoms with van der Waals surface area (Å²) in [6.45, 7) is 9.94. The Morgan fingerprint density at radius 1 is 1.28 bits per heavy atom. The highest BCUT2D eigenvalue weighted by Gasteiger charge is 2.27. The molecule has 98 valence electrons. The number of nitrogens with zero attached hydrogens (tertiary/aromatic N) is 4. The zero-order valence-electron chi connectivity index (χ0n) is 11.0. The van der Waals surface area contributed by atoms with E-state index < -0.39 is 0 Å². The topological polar surface area (TPSA) is 44.3 Å². The van der Waals surface area contributed by atoms with E-state index in [-0.39, 0.29) is 0 Å². The molecule has 2 aliphatic heterocycles. The highest BCUT2D eigenvalue weighted by atomic mass is 15.3. The molecule has 3 heterocycles. The SMILES string of the molecule is Cc1nccc(CN2CCN(C3CNC3)CC2)n1. The second-order valence-corrected chi connectivity index (χ2v) is 5.22. The van der Waals surface area contributed by atoms with Gasteiger partial charge < -0.3 is 5.32 Å². The average molecular weight is 247 g/mol. The lowest BCUT2D eigenvalue weighted by molar-refractivity contribution is 0.0690. The third kappa shape index (κ3) is 2.68. The molecule has 0 saturated carbocycles. The highest BCUT2D eigenvalue weighted by Crippen LogP contribution is 2.11. The molecule has 5 heteroatoms. The van der Waals surface area contributed by atoms with Crippen LogP contribution in [0.5, 0.6) is 0 Å². The molecule has 0 bridgehead atoms. The van der Waals surface area contributed by atoms with E-state index in [1.54, 1.807) is 0 Å². The predicted molar refractivity (Wildman–Crippen MR) is 70.3 cm³/mol. The zero-order valence-corrected chi connectivity index (χ0v) is 11.0. The summed E-state index contributed by atoms with van der Waals surface area (Å²) in [6, 6.07) is 2.81. The van der Waals surface area contributed by atoms with Gasteiger partial charge in [0, 0.05) is 58.1 Å². The van der Waals surface area contributed by atoms with Crippen LogP contribution < -0.4 is 5.32 Å². The van der Waals surface area contributed by atoms with Gasteiger partial charge in [0.15, 0.2) is 0 Å². The van der Waals surface area contributed by atoms with Crippen molar-refractivity contribution in [1.29, 1.82) is 0 Å². The highest BCUT2D eigenvalue weighted by molar-refractivity contribution is 5.02. The predicted octanol–water partition coefficient (Wildman–Crippen LogP) is -0.126. The maximum Gasteiger partial charge on any atom is 0.125 e. The molecule has 5 nitrogen and oxygen atoms in total. The van der Waals surface area contributed by atoms with E-state index in [1.165, 1.54) is 26.2 Å². The fourth-order valence-corrected chi connectivity index (χ4v) is 2.64. The second kappa shape index (κ2) is 5.30. The molecule has 0 aliphatic carbocycles. The van der Waals surface area contributed by atoms with Crippen LogP contribution in [0.4, 0.5) is 0 Å². The van der Waals surface area contributed by atoms with Crippen molar-refractivity contribution in [2.75, 3.05) is 39.3 Å². The van der Waals surface area contributed by atoms with Gasteiger partial charge in [-0.3, -0.25) is 9.80 Å². The standard InChI is InChI=1S/C13H21N5/c1-11-15-3-2-12(16-11)10-17-4-6-18(7-5-17)13-8-14-9-13/h2-3,13-14H,4-10H2,1H3. The zero-order chi connectivity index (χ0) is 12.4. The van der Waals surface area contributed by atoms with Gasteiger partial charge >= 0.3 is 0 Å². The second-order valence-electron chi connectivity index (χ2n) is 5.22. The number of piperazine rings is 1. The third-order valence-electron chi connectivity index (χ3n) is 3.90. The smallest absolute Gasteiger partial charge is 0.125 e. The quantitative estimate of drug-likeness (QED) is 0.806. The van der Waals surface area contributed by atoms with E-state index in [9.17, 15) is 0 Å². The largest absolute Gasteiger partial charge is 0.314 e. The van der Waals surface area contributed by atoms with Gasteiger partial charge in [-0.25, -0.2) is 9.97 Å². The lowest BCUT2D eigenvalue weighted by Gasteiger charge is -2.43. The average Bonchev–Trinajstić information content (AvgIpc) is 2.29. The molecule has 1 aromatic heterocycles. The van der Waals surface area contributed by atoms with Crippen molar-refractivity contribution < 1.29 is 0 Å². The fraction of sp³-hybridized carbons (Fsp3) is 0.692. The van der Waals surface area contributed by atoms with Gasteiger partial charge in [0.2, 0.25) is 0 Å². The Kier molecular flexibility index (Phi) is 3.54. The van der Waals surface area contributed by atoms with Crippen LogP contribution in [0.3, 0.4) is 0 Å². The first-order valence-corrected chi connectivity index (χ1v) is 6.77. The van der Waals surface area contributed by atoms with Crippen molar-refractivity contribution >= 4 is 0 Å². The summed E-state index contributed by atoms with van der Waals surface area (Å²) < 4.78 is 0. The van der Waals surface area contributed by atoms with Crippen molar-refractivity contribution in [3.8, 4) is 0 Å². The molecule has 2 fully saturated rings. The minimum atomic E-state index is 0.786. The van der Waals surface area contributed by atoms with Gasteiger partial charge in [-0.15, -0.1) is 0 Å². The Bertz CT molecular complexity index is 396. The molecule has 18 heavy (non-hydrogen) atoms. The molecule has 0 unspecified atom stereocenters. The summed E-state index contributed by atoms with van der Waals surface area (Å²) in [5, 5.41) is 3.34. The molecule has 0 atom stereocenters. The summed E-state index contributed by atoms with van der Waals surface area (Å²) in [6.07, 6.45) is 1.86. The van der Waals surface area contributed by atoms with Crippen molar-refractivity contribution in [1.82, 2.24) is 25.1 Å². The van der Waals surface area contributed by atoms with Crippen molar-refractivity contribution in [2.24, 2.45) is 0 Å². The van der Waals surface area contributed by atoms with Crippen LogP contribution in [-0.2, 0) is 6.54 Å². The van der Waals surface area contributed by atoms with E-state index in [0.29, 0.717) is 0 Å². The molecule has 0 amide bonds. The van der Waals surface area contributed by atoms with E-state index in [1.807, 2.05) is 19.2 Å². The van der Waals surface area contributed by atoms with Crippen LogP contribution in [0.15, 0.2) is 12.3 Å². The monoisotopic (exact) mass is 247 g/mol. The summed E-state index contributed by atoms with van der Waals surface area (Å²) in [7, 11) is 0. The van der Waals surface area contributed by atoms with Crippen LogP contribution in [-0.4, -0.2) is 65.1 Å². The van der Waals surface area contributed by atoms with Gasteiger partial charge in [-0.05, 0) is 13.0 Å². The van der Waals surface area contributed by atoms with Gasteiger partial charge in [0.05, 0.1) is 5.69 Å². The number of hydrogen-bond acceptors (Lipinski definition) is 5. The Hall–Kier alpha value is -1.04. The first-order chi connectivity index (χ1) is 8.81. The van der Waals surface area contributed by atoms with E-state index in [2.05, 4.69) is 25.1 Å². The Morgan fingerprint density at radius 3 is 2.67 bits per heavy atom. The summed E-state index contributed by atoms with van der Waals surface area (Å²) >= 11 is 0. The number of aromatic nitrogens is 2. The van der Waals surface area contributed by atoms with Gasteiger partial charge in [0.1, 0.15) is 5.82 Å². The fourth-order valence-electron chi connectivity index (χ4n) is 2.64. The molecule has 3 rings (SSSR count). The number of nitrogens with one attached hydrogen (secondary N) is 1. The van der Waals surface area contributed by atoms with Crippen LogP contribution in [0.1, 0.15) is 11.5 Å². The molecule has 2 saturated heterocycles. The Labute approximate surface area is 108 Å². The lowest BCUT2D eigenvalue weighted by Crippen LogP contribution is -2.61. The molecule has 2 aliphatic rings. The summed E-state index contributed by atoms with van der Waals surface area (Å²) in [4.78, 5) is 13.7. The number of aryl methyl sites for hydroxylation is 1. The minimum Gasteiger partial charge on any atom is -0.314 e. The van der Waals surface area contributed by atoms with E-state index in [4.69, 9.17) is 0 Å². The lowest BCUT2D eigenvalue weighted by atomic mass is 10.1. The molecule has 0 aromatic carbocycles. The van der Waals surface area contributed by atoms with E-state index >= 15 is 0 Å². The van der Waals surface area contributed by atoms with Gasteiger partial charge in [0.25, 0.3) is 0 Å². The van der Waals surface area contributed by atoms with Crippen LogP contribution >= 0.6 is 0 Å². The maximum atomic E-state index is 4.47. The van der Waals surface area contributed by atoms with Crippen LogP contribution in [0.25, 0.3) is 0 Å². The Morgan fingerprint density at radius 2 is 2.06 bits per heavy atom. The van der Waals surface area contributed by atoms with Crippen molar-refractivity contribution in [3.63, 3.8) is 0 Å². The minimum absolute atomic E-state index is 0.786. The van der Waals surface area contributed by atoms with Crippen LogP contribution in [0.2, 0.25) is 0 Å². The summed E-state index contributed by atoms with van der Waals surface area (Å²) in [5.41, 5.74) is 1.14.